The van der Waals surface area contributed by atoms with Gasteiger partial charge >= 0.3 is 0 Å². The molecule has 19 heavy (non-hydrogen) atoms. The van der Waals surface area contributed by atoms with Crippen LogP contribution in [0.5, 0.6) is 5.75 Å². The van der Waals surface area contributed by atoms with Gasteiger partial charge in [-0.2, -0.15) is 11.3 Å². The van der Waals surface area contributed by atoms with Crippen LogP contribution >= 0.6 is 11.3 Å². The number of hydrogen-bond acceptors (Lipinski definition) is 3. The molecule has 3 nitrogen and oxygen atoms in total. The van der Waals surface area contributed by atoms with Crippen LogP contribution in [0.25, 0.3) is 0 Å². The number of rotatable bonds is 6. The Kier molecular flexibility index (Phi) is 4.92. The van der Waals surface area contributed by atoms with E-state index in [9.17, 15) is 9.18 Å². The van der Waals surface area contributed by atoms with Crippen molar-refractivity contribution >= 4 is 17.2 Å². The van der Waals surface area contributed by atoms with E-state index in [1.165, 1.54) is 17.7 Å². The maximum absolute atomic E-state index is 13.2. The minimum absolute atomic E-state index is 0.0930. The molecule has 0 saturated heterocycles. The molecule has 0 bridgehead atoms. The Morgan fingerprint density at radius 1 is 1.32 bits per heavy atom. The quantitative estimate of drug-likeness (QED) is 0.882. The van der Waals surface area contributed by atoms with Gasteiger partial charge in [-0.3, -0.25) is 4.79 Å². The highest BCUT2D eigenvalue weighted by atomic mass is 32.1. The van der Waals surface area contributed by atoms with Crippen LogP contribution in [-0.2, 0) is 11.2 Å². The molecule has 1 amide bonds. The molecule has 100 valence electrons. The summed E-state index contributed by atoms with van der Waals surface area (Å²) in [6.07, 6.45) is 0.787. The van der Waals surface area contributed by atoms with E-state index < -0.39 is 5.82 Å². The Hall–Kier alpha value is -1.88. The normalized spacial score (nSPS) is 10.2. The average molecular weight is 279 g/mol. The predicted octanol–water partition coefficient (Wildman–Crippen LogP) is 2.62. The van der Waals surface area contributed by atoms with Crippen molar-refractivity contribution in [3.05, 3.63) is 52.5 Å². The number of hydrogen-bond donors (Lipinski definition) is 1. The summed E-state index contributed by atoms with van der Waals surface area (Å²) in [7, 11) is 0. The van der Waals surface area contributed by atoms with Crippen molar-refractivity contribution in [2.24, 2.45) is 0 Å². The number of thiophene rings is 1. The first-order valence-corrected chi connectivity index (χ1v) is 6.85. The Morgan fingerprint density at radius 3 is 2.89 bits per heavy atom. The molecule has 1 aromatic carbocycles. The van der Waals surface area contributed by atoms with Crippen molar-refractivity contribution in [3.63, 3.8) is 0 Å². The van der Waals surface area contributed by atoms with Crippen molar-refractivity contribution in [1.29, 1.82) is 0 Å². The molecule has 1 N–H and O–H groups in total. The van der Waals surface area contributed by atoms with E-state index in [1.807, 2.05) is 16.8 Å². The number of amides is 1. The van der Waals surface area contributed by atoms with Gasteiger partial charge in [-0.1, -0.05) is 12.1 Å². The molecule has 0 aliphatic heterocycles. The van der Waals surface area contributed by atoms with E-state index in [4.69, 9.17) is 4.74 Å². The number of carbonyl (C=O) groups excluding carboxylic acids is 1. The van der Waals surface area contributed by atoms with Gasteiger partial charge in [0.15, 0.2) is 18.2 Å². The minimum Gasteiger partial charge on any atom is -0.481 e. The van der Waals surface area contributed by atoms with E-state index in [1.54, 1.807) is 23.5 Å². The first-order chi connectivity index (χ1) is 9.25. The second-order valence-corrected chi connectivity index (χ2v) is 4.73. The van der Waals surface area contributed by atoms with Crippen LogP contribution in [0, 0.1) is 5.82 Å². The molecule has 0 atom stereocenters. The van der Waals surface area contributed by atoms with Crippen LogP contribution in [0.3, 0.4) is 0 Å². The zero-order chi connectivity index (χ0) is 13.5. The van der Waals surface area contributed by atoms with E-state index in [2.05, 4.69) is 5.32 Å². The first-order valence-electron chi connectivity index (χ1n) is 5.91. The third kappa shape index (κ3) is 4.37. The van der Waals surface area contributed by atoms with Gasteiger partial charge in [0.25, 0.3) is 5.91 Å². The standard InChI is InChI=1S/C14H14FNO2S/c15-12-3-1-2-4-13(12)18-9-14(17)16-7-5-11-6-8-19-10-11/h1-4,6,8,10H,5,7,9H2,(H,16,17). The van der Waals surface area contributed by atoms with Gasteiger partial charge in [-0.25, -0.2) is 4.39 Å². The maximum atomic E-state index is 13.2. The van der Waals surface area contributed by atoms with Gasteiger partial charge < -0.3 is 10.1 Å². The molecular formula is C14H14FNO2S. The second kappa shape index (κ2) is 6.89. The summed E-state index contributed by atoms with van der Waals surface area (Å²) in [5.74, 6) is -0.623. The predicted molar refractivity (Wildman–Crippen MR) is 72.9 cm³/mol. The Bertz CT molecular complexity index is 528. The van der Waals surface area contributed by atoms with E-state index in [-0.39, 0.29) is 18.3 Å². The van der Waals surface area contributed by atoms with E-state index in [0.29, 0.717) is 6.54 Å². The van der Waals surface area contributed by atoms with Crippen molar-refractivity contribution in [2.45, 2.75) is 6.42 Å². The number of carbonyl (C=O) groups is 1. The number of nitrogens with one attached hydrogen (secondary N) is 1. The van der Waals surface area contributed by atoms with Crippen LogP contribution in [-0.4, -0.2) is 19.1 Å². The van der Waals surface area contributed by atoms with Crippen LogP contribution in [0.1, 0.15) is 5.56 Å². The van der Waals surface area contributed by atoms with Gasteiger partial charge in [0.1, 0.15) is 0 Å². The van der Waals surface area contributed by atoms with Crippen LogP contribution in [0.2, 0.25) is 0 Å². The Balaban J connectivity index is 1.69. The van der Waals surface area contributed by atoms with E-state index in [0.717, 1.165) is 6.42 Å². The molecule has 0 aliphatic carbocycles. The summed E-state index contributed by atoms with van der Waals surface area (Å²) in [6, 6.07) is 8.04. The van der Waals surface area contributed by atoms with Crippen molar-refractivity contribution < 1.29 is 13.9 Å². The number of ether oxygens (including phenoxy) is 1. The highest BCUT2D eigenvalue weighted by molar-refractivity contribution is 7.07. The molecule has 1 heterocycles. The topological polar surface area (TPSA) is 38.3 Å². The lowest BCUT2D eigenvalue weighted by atomic mass is 10.2. The molecule has 2 rings (SSSR count). The number of benzene rings is 1. The van der Waals surface area contributed by atoms with Gasteiger partial charge in [0.2, 0.25) is 0 Å². The third-order valence-electron chi connectivity index (χ3n) is 2.51. The monoisotopic (exact) mass is 279 g/mol. The summed E-state index contributed by atoms with van der Waals surface area (Å²) < 4.78 is 18.3. The van der Waals surface area contributed by atoms with E-state index >= 15 is 0 Å². The first kappa shape index (κ1) is 13.5. The third-order valence-corrected chi connectivity index (χ3v) is 3.24. The Labute approximate surface area is 115 Å². The molecule has 0 spiro atoms. The number of halogens is 1. The Morgan fingerprint density at radius 2 is 2.16 bits per heavy atom. The van der Waals surface area contributed by atoms with Gasteiger partial charge in [-0.15, -0.1) is 0 Å². The SMILES string of the molecule is O=C(COc1ccccc1F)NCCc1ccsc1. The average Bonchev–Trinajstić information content (AvgIpc) is 2.91. The fraction of sp³-hybridized carbons (Fsp3) is 0.214. The highest BCUT2D eigenvalue weighted by Crippen LogP contribution is 2.14. The number of para-hydroxylation sites is 1. The molecule has 0 radical (unpaired) electrons. The van der Waals surface area contributed by atoms with Gasteiger partial charge in [0.05, 0.1) is 0 Å². The zero-order valence-electron chi connectivity index (χ0n) is 10.3. The zero-order valence-corrected chi connectivity index (χ0v) is 11.1. The molecule has 2 aromatic rings. The van der Waals surface area contributed by atoms with Gasteiger partial charge in [0, 0.05) is 6.54 Å². The largest absolute Gasteiger partial charge is 0.481 e. The van der Waals surface area contributed by atoms with Crippen LogP contribution in [0.15, 0.2) is 41.1 Å². The molecule has 0 unspecified atom stereocenters. The molecule has 5 heteroatoms. The van der Waals surface area contributed by atoms with Crippen molar-refractivity contribution in [1.82, 2.24) is 5.32 Å². The molecule has 0 aliphatic rings. The molecule has 0 saturated carbocycles. The highest BCUT2D eigenvalue weighted by Gasteiger charge is 2.05. The molecule has 0 fully saturated rings. The summed E-state index contributed by atoms with van der Waals surface area (Å²) in [5.41, 5.74) is 1.19. The lowest BCUT2D eigenvalue weighted by Gasteiger charge is -2.07. The second-order valence-electron chi connectivity index (χ2n) is 3.95. The van der Waals surface area contributed by atoms with Crippen LogP contribution < -0.4 is 10.1 Å². The fourth-order valence-corrected chi connectivity index (χ4v) is 2.24. The molecular weight excluding hydrogens is 265 g/mol. The van der Waals surface area contributed by atoms with Crippen molar-refractivity contribution in [2.75, 3.05) is 13.2 Å². The van der Waals surface area contributed by atoms with Crippen LogP contribution in [0.4, 0.5) is 4.39 Å². The summed E-state index contributed by atoms with van der Waals surface area (Å²) in [4.78, 5) is 11.5. The summed E-state index contributed by atoms with van der Waals surface area (Å²) >= 11 is 1.63. The van der Waals surface area contributed by atoms with Crippen molar-refractivity contribution in [3.8, 4) is 5.75 Å². The smallest absolute Gasteiger partial charge is 0.257 e. The summed E-state index contributed by atoms with van der Waals surface area (Å²) in [5, 5.41) is 6.77. The molecule has 1 aromatic heterocycles. The lowest BCUT2D eigenvalue weighted by Crippen LogP contribution is -2.30. The fourth-order valence-electron chi connectivity index (χ4n) is 1.54. The maximum Gasteiger partial charge on any atom is 0.257 e. The summed E-state index contributed by atoms with van der Waals surface area (Å²) in [6.45, 7) is 0.376. The van der Waals surface area contributed by atoms with Gasteiger partial charge in [-0.05, 0) is 40.9 Å². The minimum atomic E-state index is -0.464. The lowest BCUT2D eigenvalue weighted by molar-refractivity contribution is -0.123.